The summed E-state index contributed by atoms with van der Waals surface area (Å²) in [5.74, 6) is 0.654. The Morgan fingerprint density at radius 2 is 2.18 bits per heavy atom. The van der Waals surface area contributed by atoms with Crippen LogP contribution in [0.5, 0.6) is 0 Å². The molecular weight excluding hydrogens is 274 g/mol. The molecule has 1 fully saturated rings. The van der Waals surface area contributed by atoms with Gasteiger partial charge in [0.25, 0.3) is 5.91 Å². The first kappa shape index (κ1) is 14.8. The van der Waals surface area contributed by atoms with Gasteiger partial charge in [-0.3, -0.25) is 9.78 Å². The Bertz CT molecular complexity index is 662. The van der Waals surface area contributed by atoms with Crippen LogP contribution in [0.15, 0.2) is 36.5 Å². The summed E-state index contributed by atoms with van der Waals surface area (Å²) in [7, 11) is 1.92. The SMILES string of the molecule is Cc1cccc(C[C@H]2CCCN(C(=O)c3cccn3C)C2)n1. The minimum absolute atomic E-state index is 0.148. The molecule has 0 bridgehead atoms. The highest BCUT2D eigenvalue weighted by Crippen LogP contribution is 2.22. The van der Waals surface area contributed by atoms with E-state index < -0.39 is 0 Å². The van der Waals surface area contributed by atoms with Gasteiger partial charge >= 0.3 is 0 Å². The predicted molar refractivity (Wildman–Crippen MR) is 86.7 cm³/mol. The van der Waals surface area contributed by atoms with E-state index in [1.54, 1.807) is 0 Å². The van der Waals surface area contributed by atoms with Crippen LogP contribution < -0.4 is 0 Å². The molecule has 2 aromatic heterocycles. The number of nitrogens with zero attached hydrogens (tertiary/aromatic N) is 3. The maximum atomic E-state index is 12.6. The molecule has 0 N–H and O–H groups in total. The molecule has 116 valence electrons. The first-order valence-corrected chi connectivity index (χ1v) is 7.96. The molecule has 4 nitrogen and oxygen atoms in total. The molecule has 0 spiro atoms. The molecule has 1 aliphatic rings. The normalized spacial score (nSPS) is 18.5. The number of hydrogen-bond acceptors (Lipinski definition) is 2. The van der Waals surface area contributed by atoms with Gasteiger partial charge in [-0.25, -0.2) is 0 Å². The van der Waals surface area contributed by atoms with Gasteiger partial charge in [0.2, 0.25) is 0 Å². The lowest BCUT2D eigenvalue weighted by Gasteiger charge is -2.32. The van der Waals surface area contributed by atoms with E-state index in [0.29, 0.717) is 5.92 Å². The van der Waals surface area contributed by atoms with E-state index in [1.807, 2.05) is 47.8 Å². The van der Waals surface area contributed by atoms with E-state index in [-0.39, 0.29) is 5.91 Å². The van der Waals surface area contributed by atoms with Gasteiger partial charge in [-0.2, -0.15) is 0 Å². The molecule has 3 heterocycles. The topological polar surface area (TPSA) is 38.1 Å². The van der Waals surface area contributed by atoms with Crippen molar-refractivity contribution in [3.63, 3.8) is 0 Å². The third kappa shape index (κ3) is 3.21. The number of aromatic nitrogens is 2. The Labute approximate surface area is 131 Å². The highest BCUT2D eigenvalue weighted by atomic mass is 16.2. The molecule has 3 rings (SSSR count). The van der Waals surface area contributed by atoms with E-state index in [0.717, 1.165) is 43.0 Å². The Morgan fingerprint density at radius 3 is 2.91 bits per heavy atom. The standard InChI is InChI=1S/C18H23N3O/c1-14-6-3-8-16(19-14)12-15-7-4-11-21(13-15)18(22)17-9-5-10-20(17)2/h3,5-6,8-10,15H,4,7,11-13H2,1-2H3/t15-/m1/s1. The second kappa shape index (κ2) is 6.34. The van der Waals surface area contributed by atoms with Gasteiger partial charge in [-0.15, -0.1) is 0 Å². The van der Waals surface area contributed by atoms with Crippen molar-refractivity contribution in [3.8, 4) is 0 Å². The zero-order valence-electron chi connectivity index (χ0n) is 13.3. The van der Waals surface area contributed by atoms with Gasteiger partial charge in [0.15, 0.2) is 0 Å². The van der Waals surface area contributed by atoms with Crippen molar-refractivity contribution < 1.29 is 4.79 Å². The number of rotatable bonds is 3. The van der Waals surface area contributed by atoms with Crippen LogP contribution in [0, 0.1) is 12.8 Å². The fourth-order valence-corrected chi connectivity index (χ4v) is 3.27. The summed E-state index contributed by atoms with van der Waals surface area (Å²) in [6.07, 6.45) is 5.13. The Morgan fingerprint density at radius 1 is 1.32 bits per heavy atom. The van der Waals surface area contributed by atoms with Crippen molar-refractivity contribution in [1.29, 1.82) is 0 Å². The average molecular weight is 297 g/mol. The second-order valence-corrected chi connectivity index (χ2v) is 6.24. The van der Waals surface area contributed by atoms with Gasteiger partial charge < -0.3 is 9.47 Å². The van der Waals surface area contributed by atoms with Crippen LogP contribution in [-0.4, -0.2) is 33.4 Å². The number of carbonyl (C=O) groups is 1. The van der Waals surface area contributed by atoms with Crippen LogP contribution in [0.2, 0.25) is 0 Å². The van der Waals surface area contributed by atoms with Crippen LogP contribution in [0.3, 0.4) is 0 Å². The van der Waals surface area contributed by atoms with Crippen molar-refractivity contribution >= 4 is 5.91 Å². The molecule has 0 unspecified atom stereocenters. The molecule has 0 aromatic carbocycles. The number of hydrogen-bond donors (Lipinski definition) is 0. The number of piperidine rings is 1. The van der Waals surface area contributed by atoms with E-state index >= 15 is 0 Å². The van der Waals surface area contributed by atoms with Crippen molar-refractivity contribution in [2.24, 2.45) is 13.0 Å². The zero-order valence-corrected chi connectivity index (χ0v) is 13.3. The lowest BCUT2D eigenvalue weighted by molar-refractivity contribution is 0.0663. The minimum atomic E-state index is 0.148. The Kier molecular flexibility index (Phi) is 4.27. The quantitative estimate of drug-likeness (QED) is 0.873. The van der Waals surface area contributed by atoms with Crippen molar-refractivity contribution in [3.05, 3.63) is 53.6 Å². The first-order valence-electron chi connectivity index (χ1n) is 7.96. The summed E-state index contributed by atoms with van der Waals surface area (Å²) in [4.78, 5) is 19.2. The largest absolute Gasteiger partial charge is 0.347 e. The summed E-state index contributed by atoms with van der Waals surface area (Å²) in [6.45, 7) is 3.72. The van der Waals surface area contributed by atoms with Crippen molar-refractivity contribution in [2.75, 3.05) is 13.1 Å². The monoisotopic (exact) mass is 297 g/mol. The molecule has 2 aromatic rings. The van der Waals surface area contributed by atoms with E-state index in [1.165, 1.54) is 6.42 Å². The van der Waals surface area contributed by atoms with Crippen LogP contribution >= 0.6 is 0 Å². The molecule has 4 heteroatoms. The third-order valence-corrected chi connectivity index (χ3v) is 4.41. The van der Waals surface area contributed by atoms with Gasteiger partial charge in [0, 0.05) is 37.7 Å². The summed E-state index contributed by atoms with van der Waals surface area (Å²) < 4.78 is 1.90. The van der Waals surface area contributed by atoms with Gasteiger partial charge in [0.05, 0.1) is 0 Å². The maximum Gasteiger partial charge on any atom is 0.270 e. The van der Waals surface area contributed by atoms with Gasteiger partial charge in [0.1, 0.15) is 5.69 Å². The molecule has 0 saturated carbocycles. The van der Waals surface area contributed by atoms with Crippen LogP contribution in [0.25, 0.3) is 0 Å². The third-order valence-electron chi connectivity index (χ3n) is 4.41. The van der Waals surface area contributed by atoms with E-state index in [9.17, 15) is 4.79 Å². The summed E-state index contributed by atoms with van der Waals surface area (Å²) in [6, 6.07) is 9.99. The summed E-state index contributed by atoms with van der Waals surface area (Å²) >= 11 is 0. The first-order chi connectivity index (χ1) is 10.6. The molecule has 1 atom stereocenters. The smallest absolute Gasteiger partial charge is 0.270 e. The predicted octanol–water partition coefficient (Wildman–Crippen LogP) is 2.82. The van der Waals surface area contributed by atoms with Gasteiger partial charge in [-0.05, 0) is 56.4 Å². The lowest BCUT2D eigenvalue weighted by atomic mass is 9.93. The molecule has 0 aliphatic carbocycles. The van der Waals surface area contributed by atoms with Crippen LogP contribution in [0.1, 0.15) is 34.7 Å². The Hall–Kier alpha value is -2.10. The summed E-state index contributed by atoms with van der Waals surface area (Å²) in [5.41, 5.74) is 2.97. The number of likely N-dealkylation sites (tertiary alicyclic amines) is 1. The zero-order chi connectivity index (χ0) is 15.5. The number of aryl methyl sites for hydroxylation is 2. The van der Waals surface area contributed by atoms with Crippen molar-refractivity contribution in [1.82, 2.24) is 14.5 Å². The molecule has 0 radical (unpaired) electrons. The Balaban J connectivity index is 1.67. The van der Waals surface area contributed by atoms with Crippen LogP contribution in [-0.2, 0) is 13.5 Å². The second-order valence-electron chi connectivity index (χ2n) is 6.24. The fraction of sp³-hybridized carbons (Fsp3) is 0.444. The number of pyridine rings is 1. The lowest BCUT2D eigenvalue weighted by Crippen LogP contribution is -2.41. The molecule has 1 amide bonds. The van der Waals surface area contributed by atoms with Crippen LogP contribution in [0.4, 0.5) is 0 Å². The highest BCUT2D eigenvalue weighted by molar-refractivity contribution is 5.92. The number of amides is 1. The molecule has 1 saturated heterocycles. The molecular formula is C18H23N3O. The fourth-order valence-electron chi connectivity index (χ4n) is 3.27. The maximum absolute atomic E-state index is 12.6. The number of carbonyl (C=O) groups excluding carboxylic acids is 1. The van der Waals surface area contributed by atoms with Gasteiger partial charge in [-0.1, -0.05) is 6.07 Å². The van der Waals surface area contributed by atoms with Crippen molar-refractivity contribution in [2.45, 2.75) is 26.2 Å². The van der Waals surface area contributed by atoms with E-state index in [2.05, 4.69) is 17.1 Å². The molecule has 1 aliphatic heterocycles. The average Bonchev–Trinajstić information content (AvgIpc) is 2.93. The van der Waals surface area contributed by atoms with E-state index in [4.69, 9.17) is 0 Å². The minimum Gasteiger partial charge on any atom is -0.347 e. The summed E-state index contributed by atoms with van der Waals surface area (Å²) in [5, 5.41) is 0. The molecule has 22 heavy (non-hydrogen) atoms. The highest BCUT2D eigenvalue weighted by Gasteiger charge is 2.25.